The number of halogens is 1. The molecule has 1 heterocycles. The van der Waals surface area contributed by atoms with Crippen molar-refractivity contribution in [1.29, 1.82) is 0 Å². The van der Waals surface area contributed by atoms with Crippen molar-refractivity contribution in [1.82, 2.24) is 10.3 Å². The predicted octanol–water partition coefficient (Wildman–Crippen LogP) is 2.94. The van der Waals surface area contributed by atoms with Crippen molar-refractivity contribution < 1.29 is 4.79 Å². The van der Waals surface area contributed by atoms with Crippen LogP contribution in [0.2, 0.25) is 0 Å². The number of hydrogen-bond donors (Lipinski definition) is 2. The summed E-state index contributed by atoms with van der Waals surface area (Å²) in [7, 11) is 0. The van der Waals surface area contributed by atoms with Crippen molar-refractivity contribution in [3.8, 4) is 0 Å². The van der Waals surface area contributed by atoms with Crippen molar-refractivity contribution in [3.05, 3.63) is 68.0 Å². The van der Waals surface area contributed by atoms with Crippen molar-refractivity contribution >= 4 is 21.8 Å². The summed E-state index contributed by atoms with van der Waals surface area (Å²) in [5.74, 6) is -0.376. The summed E-state index contributed by atoms with van der Waals surface area (Å²) >= 11 is 3.39. The molecule has 4 nitrogen and oxygen atoms in total. The topological polar surface area (TPSA) is 62.0 Å². The van der Waals surface area contributed by atoms with E-state index in [9.17, 15) is 9.59 Å². The molecule has 5 heteroatoms. The first-order valence-electron chi connectivity index (χ1n) is 6.23. The Morgan fingerprint density at radius 3 is 2.70 bits per heavy atom. The van der Waals surface area contributed by atoms with Crippen molar-refractivity contribution in [2.45, 2.75) is 19.9 Å². The van der Waals surface area contributed by atoms with E-state index in [2.05, 4.69) is 26.2 Å². The van der Waals surface area contributed by atoms with Crippen molar-refractivity contribution in [2.24, 2.45) is 0 Å². The zero-order valence-electron chi connectivity index (χ0n) is 11.2. The number of benzene rings is 1. The molecule has 1 atom stereocenters. The van der Waals surface area contributed by atoms with Gasteiger partial charge in [0.25, 0.3) is 11.5 Å². The molecule has 0 saturated carbocycles. The predicted molar refractivity (Wildman–Crippen MR) is 81.8 cm³/mol. The molecule has 0 bridgehead atoms. The Hall–Kier alpha value is -1.88. The van der Waals surface area contributed by atoms with Gasteiger partial charge in [-0.05, 0) is 43.7 Å². The second kappa shape index (κ2) is 6.05. The Labute approximate surface area is 125 Å². The van der Waals surface area contributed by atoms with Gasteiger partial charge in [0.1, 0.15) is 5.56 Å². The Bertz CT molecular complexity index is 694. The highest BCUT2D eigenvalue weighted by atomic mass is 79.9. The summed E-state index contributed by atoms with van der Waals surface area (Å²) in [6.45, 7) is 3.65. The molecule has 0 aliphatic heterocycles. The summed E-state index contributed by atoms with van der Waals surface area (Å²) in [5.41, 5.74) is 1.45. The molecular weight excluding hydrogens is 320 g/mol. The van der Waals surface area contributed by atoms with Crippen LogP contribution in [-0.2, 0) is 0 Å². The van der Waals surface area contributed by atoms with Crippen LogP contribution in [0.15, 0.2) is 45.7 Å². The number of amides is 1. The van der Waals surface area contributed by atoms with Gasteiger partial charge < -0.3 is 10.3 Å². The number of carbonyl (C=O) groups is 1. The Balaban J connectivity index is 2.17. The van der Waals surface area contributed by atoms with Gasteiger partial charge in [0.05, 0.1) is 6.04 Å². The van der Waals surface area contributed by atoms with Crippen LogP contribution >= 0.6 is 15.9 Å². The molecule has 0 spiro atoms. The molecule has 2 aromatic rings. The van der Waals surface area contributed by atoms with E-state index in [1.165, 1.54) is 6.07 Å². The molecule has 104 valence electrons. The van der Waals surface area contributed by atoms with Gasteiger partial charge in [-0.1, -0.05) is 28.1 Å². The third-order valence-electron chi connectivity index (χ3n) is 3.00. The monoisotopic (exact) mass is 334 g/mol. The molecule has 0 saturated heterocycles. The molecule has 20 heavy (non-hydrogen) atoms. The molecule has 0 aliphatic carbocycles. The normalized spacial score (nSPS) is 11.9. The van der Waals surface area contributed by atoms with Gasteiger partial charge in [0, 0.05) is 10.2 Å². The molecule has 1 amide bonds. The maximum Gasteiger partial charge on any atom is 0.260 e. The highest BCUT2D eigenvalue weighted by Gasteiger charge is 2.14. The Morgan fingerprint density at radius 1 is 1.30 bits per heavy atom. The molecule has 1 aromatic heterocycles. The molecule has 2 N–H and O–H groups in total. The molecule has 2 rings (SSSR count). The first-order valence-corrected chi connectivity index (χ1v) is 7.03. The number of aromatic nitrogens is 1. The van der Waals surface area contributed by atoms with Crippen LogP contribution < -0.4 is 10.9 Å². The first kappa shape index (κ1) is 14.5. The molecule has 1 unspecified atom stereocenters. The van der Waals surface area contributed by atoms with E-state index in [0.717, 1.165) is 15.7 Å². The lowest BCUT2D eigenvalue weighted by atomic mass is 10.1. The number of hydrogen-bond acceptors (Lipinski definition) is 2. The van der Waals surface area contributed by atoms with Gasteiger partial charge in [-0.2, -0.15) is 0 Å². The van der Waals surface area contributed by atoms with Crippen LogP contribution in [0.25, 0.3) is 0 Å². The van der Waals surface area contributed by atoms with E-state index < -0.39 is 0 Å². The summed E-state index contributed by atoms with van der Waals surface area (Å²) in [6, 6.07) is 10.8. The number of pyridine rings is 1. The molecule has 1 aromatic carbocycles. The highest BCUT2D eigenvalue weighted by molar-refractivity contribution is 9.10. The van der Waals surface area contributed by atoms with Gasteiger partial charge in [-0.15, -0.1) is 0 Å². The van der Waals surface area contributed by atoms with Gasteiger partial charge in [-0.25, -0.2) is 0 Å². The fourth-order valence-corrected chi connectivity index (χ4v) is 2.30. The van der Waals surface area contributed by atoms with Gasteiger partial charge in [-0.3, -0.25) is 9.59 Å². The summed E-state index contributed by atoms with van der Waals surface area (Å²) in [4.78, 5) is 26.5. The van der Waals surface area contributed by atoms with E-state index in [-0.39, 0.29) is 23.1 Å². The SMILES string of the molecule is Cc1ccc(C(=O)NC(C)c2cccc(Br)c2)c(=O)[nH]1. The summed E-state index contributed by atoms with van der Waals surface area (Å²) in [5, 5.41) is 2.82. The van der Waals surface area contributed by atoms with E-state index in [1.807, 2.05) is 31.2 Å². The number of rotatable bonds is 3. The van der Waals surface area contributed by atoms with Crippen LogP contribution in [0.4, 0.5) is 0 Å². The number of carbonyl (C=O) groups excluding carboxylic acids is 1. The zero-order valence-corrected chi connectivity index (χ0v) is 12.8. The minimum Gasteiger partial charge on any atom is -0.345 e. The van der Waals surface area contributed by atoms with Crippen molar-refractivity contribution in [2.75, 3.05) is 0 Å². The third-order valence-corrected chi connectivity index (χ3v) is 3.49. The average Bonchev–Trinajstić information content (AvgIpc) is 2.38. The molecule has 0 fully saturated rings. The second-order valence-corrected chi connectivity index (χ2v) is 5.55. The number of H-pyrrole nitrogens is 1. The molecular formula is C15H15BrN2O2. The highest BCUT2D eigenvalue weighted by Crippen LogP contribution is 2.18. The number of aromatic amines is 1. The fraction of sp³-hybridized carbons (Fsp3) is 0.200. The maximum absolute atomic E-state index is 12.1. The number of nitrogens with one attached hydrogen (secondary N) is 2. The largest absolute Gasteiger partial charge is 0.345 e. The first-order chi connectivity index (χ1) is 9.47. The van der Waals surface area contributed by atoms with Gasteiger partial charge in [0.2, 0.25) is 0 Å². The van der Waals surface area contributed by atoms with Gasteiger partial charge in [0.15, 0.2) is 0 Å². The average molecular weight is 335 g/mol. The second-order valence-electron chi connectivity index (χ2n) is 4.63. The molecule has 0 radical (unpaired) electrons. The van der Waals surface area contributed by atoms with Crippen LogP contribution in [0, 0.1) is 6.92 Å². The van der Waals surface area contributed by atoms with Crippen molar-refractivity contribution in [3.63, 3.8) is 0 Å². The minimum atomic E-state index is -0.376. The Kier molecular flexibility index (Phi) is 4.39. The van der Waals surface area contributed by atoms with Crippen LogP contribution in [0.5, 0.6) is 0 Å². The standard InChI is InChI=1S/C15H15BrN2O2/c1-9-6-7-13(14(19)17-9)15(20)18-10(2)11-4-3-5-12(16)8-11/h3-8,10H,1-2H3,(H,17,19)(H,18,20). The smallest absolute Gasteiger partial charge is 0.260 e. The lowest BCUT2D eigenvalue weighted by molar-refractivity contribution is 0.0938. The van der Waals surface area contributed by atoms with Crippen LogP contribution in [-0.4, -0.2) is 10.9 Å². The van der Waals surface area contributed by atoms with E-state index in [4.69, 9.17) is 0 Å². The summed E-state index contributed by atoms with van der Waals surface area (Å²) < 4.78 is 0.948. The van der Waals surface area contributed by atoms with Gasteiger partial charge >= 0.3 is 0 Å². The lowest BCUT2D eigenvalue weighted by Gasteiger charge is -2.14. The Morgan fingerprint density at radius 2 is 2.05 bits per heavy atom. The third kappa shape index (κ3) is 3.36. The quantitative estimate of drug-likeness (QED) is 0.906. The van der Waals surface area contributed by atoms with E-state index in [1.54, 1.807) is 13.0 Å². The van der Waals surface area contributed by atoms with Crippen LogP contribution in [0.3, 0.4) is 0 Å². The maximum atomic E-state index is 12.1. The fourth-order valence-electron chi connectivity index (χ4n) is 1.88. The lowest BCUT2D eigenvalue weighted by Crippen LogP contribution is -2.31. The zero-order chi connectivity index (χ0) is 14.7. The summed E-state index contributed by atoms with van der Waals surface area (Å²) in [6.07, 6.45) is 0. The van der Waals surface area contributed by atoms with E-state index in [0.29, 0.717) is 0 Å². The van der Waals surface area contributed by atoms with Crippen LogP contribution in [0.1, 0.15) is 34.6 Å². The molecule has 0 aliphatic rings. The minimum absolute atomic E-state index is 0.123. The number of aryl methyl sites for hydroxylation is 1. The van der Waals surface area contributed by atoms with E-state index >= 15 is 0 Å².